The summed E-state index contributed by atoms with van der Waals surface area (Å²) in [7, 11) is 0. The van der Waals surface area contributed by atoms with Crippen molar-refractivity contribution < 1.29 is 39.6 Å². The second-order valence-corrected chi connectivity index (χ2v) is 4.76. The Morgan fingerprint density at radius 2 is 0.905 bits per heavy atom. The molecule has 1 fully saturated rings. The summed E-state index contributed by atoms with van der Waals surface area (Å²) in [6.07, 6.45) is 0.334. The van der Waals surface area contributed by atoms with Crippen LogP contribution < -0.4 is 0 Å². The van der Waals surface area contributed by atoms with E-state index in [0.717, 1.165) is 0 Å². The summed E-state index contributed by atoms with van der Waals surface area (Å²) in [6, 6.07) is -0.952. The monoisotopic (exact) mass is 304 g/mol. The minimum Gasteiger partial charge on any atom is -0.480 e. The smallest absolute Gasteiger partial charge is 0.317 e. The van der Waals surface area contributed by atoms with Gasteiger partial charge >= 0.3 is 23.9 Å². The maximum Gasteiger partial charge on any atom is 0.317 e. The standard InChI is InChI=1S/C11H16N2O8/c14-8(15)2-12(3-9(16)17)6-1-7(6)13(4-10(18)19)5-11(20)21/h6-7H,1-5H2,(H,14,15)(H,16,17)(H,18,19)(H,20,21)/t6-,7?/m1/s1. The van der Waals surface area contributed by atoms with Gasteiger partial charge in [-0.1, -0.05) is 0 Å². The fourth-order valence-electron chi connectivity index (χ4n) is 2.23. The van der Waals surface area contributed by atoms with Crippen LogP contribution in [-0.2, 0) is 19.2 Å². The number of nitrogens with zero attached hydrogens (tertiary/aromatic N) is 2. The van der Waals surface area contributed by atoms with Crippen molar-refractivity contribution >= 4 is 23.9 Å². The van der Waals surface area contributed by atoms with E-state index in [9.17, 15) is 19.2 Å². The molecule has 1 aliphatic rings. The average molecular weight is 304 g/mol. The third kappa shape index (κ3) is 5.75. The average Bonchev–Trinajstić information content (AvgIpc) is 3.03. The van der Waals surface area contributed by atoms with Gasteiger partial charge in [-0.05, 0) is 6.42 Å². The highest BCUT2D eigenvalue weighted by Crippen LogP contribution is 2.33. The van der Waals surface area contributed by atoms with E-state index in [0.29, 0.717) is 6.42 Å². The van der Waals surface area contributed by atoms with Gasteiger partial charge in [0, 0.05) is 12.1 Å². The molecular formula is C11H16N2O8. The van der Waals surface area contributed by atoms with Gasteiger partial charge in [-0.25, -0.2) is 0 Å². The molecule has 4 N–H and O–H groups in total. The van der Waals surface area contributed by atoms with Gasteiger partial charge in [0.15, 0.2) is 0 Å². The number of carboxylic acid groups (broad SMARTS) is 4. The molecule has 118 valence electrons. The summed E-state index contributed by atoms with van der Waals surface area (Å²) in [5.74, 6) is -4.82. The Labute approximate surface area is 119 Å². The first kappa shape index (κ1) is 16.9. The van der Waals surface area contributed by atoms with Gasteiger partial charge in [0.2, 0.25) is 0 Å². The Morgan fingerprint density at radius 1 is 0.667 bits per heavy atom. The molecule has 0 aromatic carbocycles. The molecular weight excluding hydrogens is 288 g/mol. The summed E-state index contributed by atoms with van der Waals surface area (Å²) in [4.78, 5) is 45.2. The van der Waals surface area contributed by atoms with E-state index >= 15 is 0 Å². The van der Waals surface area contributed by atoms with Crippen LogP contribution in [0.25, 0.3) is 0 Å². The van der Waals surface area contributed by atoms with E-state index in [1.165, 1.54) is 9.80 Å². The first-order chi connectivity index (χ1) is 9.70. The highest BCUT2D eigenvalue weighted by atomic mass is 16.4. The Balaban J connectivity index is 2.71. The Hall–Kier alpha value is -2.20. The topological polar surface area (TPSA) is 156 Å². The SMILES string of the molecule is O=C(O)CN(CC(=O)O)C1C[C@H]1N(CC(=O)O)CC(=O)O. The second-order valence-electron chi connectivity index (χ2n) is 4.76. The van der Waals surface area contributed by atoms with E-state index in [2.05, 4.69) is 0 Å². The highest BCUT2D eigenvalue weighted by molar-refractivity contribution is 5.74. The molecule has 1 saturated carbocycles. The van der Waals surface area contributed by atoms with Gasteiger partial charge in [0.05, 0.1) is 26.2 Å². The predicted molar refractivity (Wildman–Crippen MR) is 65.9 cm³/mol. The third-order valence-corrected chi connectivity index (χ3v) is 3.02. The lowest BCUT2D eigenvalue weighted by atomic mass is 10.4. The molecule has 0 aromatic rings. The molecule has 0 aromatic heterocycles. The van der Waals surface area contributed by atoms with Gasteiger partial charge < -0.3 is 20.4 Å². The lowest BCUT2D eigenvalue weighted by Gasteiger charge is -2.22. The molecule has 10 heteroatoms. The molecule has 0 heterocycles. The van der Waals surface area contributed by atoms with Gasteiger partial charge in [-0.2, -0.15) is 0 Å². The summed E-state index contributed by atoms with van der Waals surface area (Å²) in [6.45, 7) is -1.99. The maximum absolute atomic E-state index is 10.7. The van der Waals surface area contributed by atoms with Crippen LogP contribution in [0.15, 0.2) is 0 Å². The fraction of sp³-hybridized carbons (Fsp3) is 0.636. The normalized spacial score (nSPS) is 20.5. The molecule has 0 aliphatic heterocycles. The lowest BCUT2D eigenvalue weighted by molar-refractivity contribution is -0.145. The first-order valence-electron chi connectivity index (χ1n) is 6.06. The largest absolute Gasteiger partial charge is 0.480 e. The molecule has 0 saturated heterocycles. The quantitative estimate of drug-likeness (QED) is 0.358. The summed E-state index contributed by atoms with van der Waals surface area (Å²) in [5, 5.41) is 35.0. The number of carbonyl (C=O) groups is 4. The van der Waals surface area contributed by atoms with E-state index < -0.39 is 62.1 Å². The zero-order valence-electron chi connectivity index (χ0n) is 11.0. The van der Waals surface area contributed by atoms with E-state index in [1.54, 1.807) is 0 Å². The zero-order chi connectivity index (χ0) is 16.2. The Morgan fingerprint density at radius 3 is 1.10 bits per heavy atom. The van der Waals surface area contributed by atoms with E-state index in [4.69, 9.17) is 20.4 Å². The number of aliphatic carboxylic acids is 4. The van der Waals surface area contributed by atoms with Crippen molar-refractivity contribution in [2.75, 3.05) is 26.2 Å². The molecule has 0 radical (unpaired) electrons. The Kier molecular flexibility index (Phi) is 5.61. The zero-order valence-corrected chi connectivity index (χ0v) is 11.0. The molecule has 1 rings (SSSR count). The van der Waals surface area contributed by atoms with Gasteiger partial charge in [-0.3, -0.25) is 29.0 Å². The number of carboxylic acids is 4. The van der Waals surface area contributed by atoms with Crippen LogP contribution in [0, 0.1) is 0 Å². The molecule has 10 nitrogen and oxygen atoms in total. The van der Waals surface area contributed by atoms with Crippen LogP contribution in [0.3, 0.4) is 0 Å². The van der Waals surface area contributed by atoms with Gasteiger partial charge in [0.1, 0.15) is 0 Å². The molecule has 0 amide bonds. The number of hydrogen-bond acceptors (Lipinski definition) is 6. The molecule has 21 heavy (non-hydrogen) atoms. The van der Waals surface area contributed by atoms with Crippen LogP contribution in [0.4, 0.5) is 0 Å². The van der Waals surface area contributed by atoms with Crippen molar-refractivity contribution in [1.29, 1.82) is 0 Å². The predicted octanol–water partition coefficient (Wildman–Crippen LogP) is -1.93. The van der Waals surface area contributed by atoms with E-state index in [1.807, 2.05) is 0 Å². The highest BCUT2D eigenvalue weighted by Gasteiger charge is 2.47. The van der Waals surface area contributed by atoms with Crippen LogP contribution in [0.1, 0.15) is 6.42 Å². The van der Waals surface area contributed by atoms with Crippen molar-refractivity contribution in [2.24, 2.45) is 0 Å². The molecule has 1 unspecified atom stereocenters. The Bertz CT molecular complexity index is 380. The van der Waals surface area contributed by atoms with Gasteiger partial charge in [-0.15, -0.1) is 0 Å². The van der Waals surface area contributed by atoms with Crippen molar-refractivity contribution in [3.8, 4) is 0 Å². The van der Waals surface area contributed by atoms with Crippen molar-refractivity contribution in [2.45, 2.75) is 18.5 Å². The van der Waals surface area contributed by atoms with Crippen LogP contribution in [0.2, 0.25) is 0 Å². The number of rotatable bonds is 10. The van der Waals surface area contributed by atoms with Crippen LogP contribution in [-0.4, -0.2) is 92.4 Å². The minimum atomic E-state index is -1.20. The summed E-state index contributed by atoms with van der Waals surface area (Å²) in [5.41, 5.74) is 0. The van der Waals surface area contributed by atoms with Crippen LogP contribution in [0.5, 0.6) is 0 Å². The third-order valence-electron chi connectivity index (χ3n) is 3.02. The lowest BCUT2D eigenvalue weighted by Crippen LogP contribution is -2.43. The molecule has 0 spiro atoms. The molecule has 2 atom stereocenters. The summed E-state index contributed by atoms with van der Waals surface area (Å²) < 4.78 is 0. The van der Waals surface area contributed by atoms with Crippen molar-refractivity contribution in [1.82, 2.24) is 9.80 Å². The first-order valence-corrected chi connectivity index (χ1v) is 6.06. The second kappa shape index (κ2) is 6.99. The maximum atomic E-state index is 10.7. The fourth-order valence-corrected chi connectivity index (χ4v) is 2.23. The molecule has 0 bridgehead atoms. The number of hydrogen-bond donors (Lipinski definition) is 4. The van der Waals surface area contributed by atoms with Gasteiger partial charge in [0.25, 0.3) is 0 Å². The summed E-state index contributed by atoms with van der Waals surface area (Å²) >= 11 is 0. The van der Waals surface area contributed by atoms with Crippen LogP contribution >= 0.6 is 0 Å². The van der Waals surface area contributed by atoms with Crippen molar-refractivity contribution in [3.05, 3.63) is 0 Å². The van der Waals surface area contributed by atoms with E-state index in [-0.39, 0.29) is 0 Å². The van der Waals surface area contributed by atoms with Crippen molar-refractivity contribution in [3.63, 3.8) is 0 Å². The minimum absolute atomic E-state index is 0.334. The molecule has 1 aliphatic carbocycles.